The molecule has 1 unspecified atom stereocenters. The second-order valence-corrected chi connectivity index (χ2v) is 2.11. The summed E-state index contributed by atoms with van der Waals surface area (Å²) in [6, 6.07) is 0. The van der Waals surface area contributed by atoms with Crippen molar-refractivity contribution < 1.29 is 5.11 Å². The molecule has 0 aliphatic carbocycles. The summed E-state index contributed by atoms with van der Waals surface area (Å²) >= 11 is 0. The molecule has 0 saturated heterocycles. The second-order valence-electron chi connectivity index (χ2n) is 2.11. The van der Waals surface area contributed by atoms with Crippen molar-refractivity contribution in [1.82, 2.24) is 9.55 Å². The van der Waals surface area contributed by atoms with Crippen LogP contribution in [0.2, 0.25) is 0 Å². The summed E-state index contributed by atoms with van der Waals surface area (Å²) in [7, 11) is 0. The van der Waals surface area contributed by atoms with Gasteiger partial charge >= 0.3 is 0 Å². The monoisotopic (exact) mass is 162 g/mol. The minimum absolute atomic E-state index is 0. The van der Waals surface area contributed by atoms with Crippen LogP contribution in [0.1, 0.15) is 6.92 Å². The van der Waals surface area contributed by atoms with E-state index in [9.17, 15) is 0 Å². The molecule has 1 aromatic heterocycles. The Morgan fingerprint density at radius 1 is 1.70 bits per heavy atom. The van der Waals surface area contributed by atoms with Gasteiger partial charge in [-0.1, -0.05) is 0 Å². The maximum atomic E-state index is 8.88. The van der Waals surface area contributed by atoms with Gasteiger partial charge in [0.2, 0.25) is 0 Å². The molecule has 0 aliphatic heterocycles. The van der Waals surface area contributed by atoms with Gasteiger partial charge in [0.05, 0.1) is 12.4 Å². The van der Waals surface area contributed by atoms with Gasteiger partial charge < -0.3 is 9.67 Å². The van der Waals surface area contributed by atoms with Gasteiger partial charge in [-0.25, -0.2) is 4.98 Å². The zero-order chi connectivity index (χ0) is 6.69. The average Bonchev–Trinajstić information content (AvgIpc) is 2.15. The highest BCUT2D eigenvalue weighted by Gasteiger charge is 1.93. The van der Waals surface area contributed by atoms with E-state index >= 15 is 0 Å². The number of hydrogen-bond donors (Lipinski definition) is 1. The molecule has 0 spiro atoms. The molecule has 58 valence electrons. The summed E-state index contributed by atoms with van der Waals surface area (Å²) in [4.78, 5) is 3.83. The van der Waals surface area contributed by atoms with E-state index in [-0.39, 0.29) is 18.5 Å². The number of aliphatic hydroxyl groups excluding tert-OH is 1. The summed E-state index contributed by atoms with van der Waals surface area (Å²) < 4.78 is 1.84. The lowest BCUT2D eigenvalue weighted by Crippen LogP contribution is -2.09. The molecule has 0 radical (unpaired) electrons. The maximum absolute atomic E-state index is 8.88. The van der Waals surface area contributed by atoms with Gasteiger partial charge in [0.15, 0.2) is 0 Å². The number of halogens is 1. The van der Waals surface area contributed by atoms with E-state index in [0.29, 0.717) is 6.54 Å². The fourth-order valence-electron chi connectivity index (χ4n) is 0.700. The van der Waals surface area contributed by atoms with Gasteiger partial charge in [-0.05, 0) is 6.92 Å². The lowest BCUT2D eigenvalue weighted by Gasteiger charge is -2.02. The van der Waals surface area contributed by atoms with Gasteiger partial charge in [-0.3, -0.25) is 0 Å². The van der Waals surface area contributed by atoms with Crippen molar-refractivity contribution in [2.24, 2.45) is 0 Å². The van der Waals surface area contributed by atoms with E-state index in [1.165, 1.54) is 0 Å². The van der Waals surface area contributed by atoms with Crippen LogP contribution in [0, 0.1) is 0 Å². The Hall–Kier alpha value is -0.540. The third-order valence-electron chi connectivity index (χ3n) is 1.03. The number of aliphatic hydroxyl groups is 1. The fraction of sp³-hybridized carbons (Fsp3) is 0.500. The summed E-state index contributed by atoms with van der Waals surface area (Å²) in [6.07, 6.45) is 4.92. The minimum Gasteiger partial charge on any atom is -0.392 e. The molecule has 1 heterocycles. The van der Waals surface area contributed by atoms with Crippen molar-refractivity contribution >= 4 is 12.4 Å². The minimum atomic E-state index is -0.292. The van der Waals surface area contributed by atoms with Crippen molar-refractivity contribution in [3.8, 4) is 0 Å². The Bertz CT molecular complexity index is 162. The molecule has 0 aliphatic rings. The first-order valence-electron chi connectivity index (χ1n) is 2.93. The Labute approximate surface area is 66.1 Å². The molecule has 0 bridgehead atoms. The molecule has 10 heavy (non-hydrogen) atoms. The Kier molecular flexibility index (Phi) is 4.07. The van der Waals surface area contributed by atoms with Crippen LogP contribution in [0.3, 0.4) is 0 Å². The molecular formula is C6H11ClN2O. The standard InChI is InChI=1S/C6H10N2O.ClH/c1-6(9)4-8-3-2-7-5-8;/h2-3,5-6,9H,4H2,1H3;1H. The Balaban J connectivity index is 0.000000810. The van der Waals surface area contributed by atoms with E-state index in [0.717, 1.165) is 0 Å². The molecule has 1 atom stereocenters. The highest BCUT2D eigenvalue weighted by atomic mass is 35.5. The lowest BCUT2D eigenvalue weighted by molar-refractivity contribution is 0.173. The summed E-state index contributed by atoms with van der Waals surface area (Å²) in [6.45, 7) is 2.38. The highest BCUT2D eigenvalue weighted by molar-refractivity contribution is 5.85. The first-order chi connectivity index (χ1) is 4.29. The molecule has 0 amide bonds. The number of aromatic nitrogens is 2. The molecule has 0 saturated carbocycles. The van der Waals surface area contributed by atoms with E-state index in [1.807, 2.05) is 10.8 Å². The van der Waals surface area contributed by atoms with Crippen LogP contribution in [0.5, 0.6) is 0 Å². The van der Waals surface area contributed by atoms with Crippen molar-refractivity contribution in [2.45, 2.75) is 19.6 Å². The summed E-state index contributed by atoms with van der Waals surface area (Å²) in [5.74, 6) is 0. The van der Waals surface area contributed by atoms with Crippen LogP contribution in [-0.4, -0.2) is 20.8 Å². The number of nitrogens with zero attached hydrogens (tertiary/aromatic N) is 2. The number of hydrogen-bond acceptors (Lipinski definition) is 2. The van der Waals surface area contributed by atoms with Gasteiger partial charge in [-0.2, -0.15) is 0 Å². The predicted molar refractivity (Wildman–Crippen MR) is 41.2 cm³/mol. The van der Waals surface area contributed by atoms with Gasteiger partial charge in [0, 0.05) is 18.9 Å². The summed E-state index contributed by atoms with van der Waals surface area (Å²) in [5.41, 5.74) is 0. The van der Waals surface area contributed by atoms with Crippen molar-refractivity contribution in [1.29, 1.82) is 0 Å². The van der Waals surface area contributed by atoms with E-state index in [4.69, 9.17) is 5.11 Å². The maximum Gasteiger partial charge on any atom is 0.0946 e. The van der Waals surface area contributed by atoms with Crippen LogP contribution < -0.4 is 0 Å². The smallest absolute Gasteiger partial charge is 0.0946 e. The first kappa shape index (κ1) is 9.46. The molecule has 1 aromatic rings. The van der Waals surface area contributed by atoms with E-state index in [1.54, 1.807) is 19.4 Å². The molecule has 1 rings (SSSR count). The van der Waals surface area contributed by atoms with Gasteiger partial charge in [0.1, 0.15) is 0 Å². The van der Waals surface area contributed by atoms with Crippen LogP contribution in [-0.2, 0) is 6.54 Å². The largest absolute Gasteiger partial charge is 0.392 e. The molecular weight excluding hydrogens is 152 g/mol. The summed E-state index contributed by atoms with van der Waals surface area (Å²) in [5, 5.41) is 8.88. The molecule has 0 fully saturated rings. The fourth-order valence-corrected chi connectivity index (χ4v) is 0.700. The third-order valence-corrected chi connectivity index (χ3v) is 1.03. The lowest BCUT2D eigenvalue weighted by atomic mass is 10.4. The van der Waals surface area contributed by atoms with E-state index < -0.39 is 0 Å². The van der Waals surface area contributed by atoms with Crippen LogP contribution in [0.4, 0.5) is 0 Å². The zero-order valence-electron chi connectivity index (χ0n) is 5.77. The highest BCUT2D eigenvalue weighted by Crippen LogP contribution is 1.89. The van der Waals surface area contributed by atoms with Crippen molar-refractivity contribution in [3.05, 3.63) is 18.7 Å². The zero-order valence-corrected chi connectivity index (χ0v) is 6.58. The topological polar surface area (TPSA) is 38.0 Å². The molecule has 4 heteroatoms. The Morgan fingerprint density at radius 2 is 2.40 bits per heavy atom. The van der Waals surface area contributed by atoms with Gasteiger partial charge in [0.25, 0.3) is 0 Å². The normalized spacial score (nSPS) is 12.2. The molecule has 3 nitrogen and oxygen atoms in total. The SMILES string of the molecule is CC(O)Cn1ccnc1.Cl. The second kappa shape index (κ2) is 4.30. The molecule has 0 aromatic carbocycles. The van der Waals surface area contributed by atoms with Gasteiger partial charge in [-0.15, -0.1) is 12.4 Å². The van der Waals surface area contributed by atoms with Crippen LogP contribution >= 0.6 is 12.4 Å². The van der Waals surface area contributed by atoms with Crippen LogP contribution in [0.25, 0.3) is 0 Å². The Morgan fingerprint density at radius 3 is 2.80 bits per heavy atom. The predicted octanol–water partition coefficient (Wildman–Crippen LogP) is 0.686. The van der Waals surface area contributed by atoms with Crippen molar-refractivity contribution in [2.75, 3.05) is 0 Å². The number of imidazole rings is 1. The average molecular weight is 163 g/mol. The molecule has 1 N–H and O–H groups in total. The quantitative estimate of drug-likeness (QED) is 0.695. The third kappa shape index (κ3) is 2.85. The van der Waals surface area contributed by atoms with E-state index in [2.05, 4.69) is 4.98 Å². The van der Waals surface area contributed by atoms with Crippen molar-refractivity contribution in [3.63, 3.8) is 0 Å². The van der Waals surface area contributed by atoms with Crippen LogP contribution in [0.15, 0.2) is 18.7 Å². The number of rotatable bonds is 2. The first-order valence-corrected chi connectivity index (χ1v) is 2.93.